The van der Waals surface area contributed by atoms with E-state index in [1.807, 2.05) is 37.3 Å². The Hall–Kier alpha value is -0.550. The molecule has 19 heavy (non-hydrogen) atoms. The summed E-state index contributed by atoms with van der Waals surface area (Å²) in [6, 6.07) is 9.83. The van der Waals surface area contributed by atoms with E-state index >= 15 is 0 Å². The summed E-state index contributed by atoms with van der Waals surface area (Å²) < 4.78 is 40.8. The molecule has 0 saturated carbocycles. The van der Waals surface area contributed by atoms with Gasteiger partial charge in [0.15, 0.2) is 0 Å². The number of alkyl halides is 4. The molecule has 0 aliphatic heterocycles. The van der Waals surface area contributed by atoms with Gasteiger partial charge in [-0.15, -0.1) is 0 Å². The van der Waals surface area contributed by atoms with Gasteiger partial charge in [0.2, 0.25) is 0 Å². The van der Waals surface area contributed by atoms with Crippen LogP contribution in [0, 0.1) is 0 Å². The van der Waals surface area contributed by atoms with Gasteiger partial charge in [-0.3, -0.25) is 0 Å². The number of hydrogen-bond acceptors (Lipinski definition) is 1. The third kappa shape index (κ3) is 5.15. The highest BCUT2D eigenvalue weighted by molar-refractivity contribution is 9.09. The first-order chi connectivity index (χ1) is 8.93. The van der Waals surface area contributed by atoms with Gasteiger partial charge in [0, 0.05) is 17.4 Å². The minimum atomic E-state index is -4.25. The van der Waals surface area contributed by atoms with Crippen LogP contribution in [0.25, 0.3) is 0 Å². The van der Waals surface area contributed by atoms with Crippen LogP contribution in [0.3, 0.4) is 0 Å². The molecule has 108 valence electrons. The van der Waals surface area contributed by atoms with Gasteiger partial charge in [-0.25, -0.2) is 0 Å². The van der Waals surface area contributed by atoms with Crippen LogP contribution in [0.4, 0.5) is 13.2 Å². The van der Waals surface area contributed by atoms with E-state index in [0.717, 1.165) is 12.0 Å². The molecular formula is C14H18BrF3O. The molecule has 1 aromatic rings. The quantitative estimate of drug-likeness (QED) is 0.517. The molecule has 0 spiro atoms. The predicted molar refractivity (Wildman–Crippen MR) is 73.7 cm³/mol. The van der Waals surface area contributed by atoms with Gasteiger partial charge in [0.25, 0.3) is 0 Å². The van der Waals surface area contributed by atoms with E-state index in [9.17, 15) is 13.2 Å². The Bertz CT molecular complexity index is 361. The Balaban J connectivity index is 2.63. The second-order valence-corrected chi connectivity index (χ2v) is 5.11. The molecule has 0 heterocycles. The van der Waals surface area contributed by atoms with E-state index in [1.165, 1.54) is 0 Å². The first kappa shape index (κ1) is 16.5. The third-order valence-corrected chi connectivity index (χ3v) is 4.38. The first-order valence-electron chi connectivity index (χ1n) is 6.19. The summed E-state index contributed by atoms with van der Waals surface area (Å²) in [4.78, 5) is 0. The van der Waals surface area contributed by atoms with Crippen molar-refractivity contribution in [3.05, 3.63) is 35.9 Å². The Morgan fingerprint density at radius 3 is 2.26 bits per heavy atom. The maximum absolute atomic E-state index is 12.0. The fourth-order valence-corrected chi connectivity index (χ4v) is 3.01. The molecular weight excluding hydrogens is 321 g/mol. The van der Waals surface area contributed by atoms with Crippen LogP contribution in [0.1, 0.15) is 25.3 Å². The molecule has 1 aromatic carbocycles. The van der Waals surface area contributed by atoms with Crippen LogP contribution in [0.5, 0.6) is 0 Å². The number of hydrogen-bond donors (Lipinski definition) is 0. The van der Waals surface area contributed by atoms with Gasteiger partial charge in [-0.05, 0) is 18.4 Å². The molecule has 1 atom stereocenters. The van der Waals surface area contributed by atoms with Crippen LogP contribution >= 0.6 is 15.9 Å². The van der Waals surface area contributed by atoms with Crippen molar-refractivity contribution in [3.63, 3.8) is 0 Å². The average Bonchev–Trinajstić information content (AvgIpc) is 2.39. The van der Waals surface area contributed by atoms with Crippen molar-refractivity contribution in [3.8, 4) is 0 Å². The van der Waals surface area contributed by atoms with E-state index in [2.05, 4.69) is 15.9 Å². The zero-order chi connectivity index (χ0) is 14.4. The molecule has 0 aliphatic carbocycles. The van der Waals surface area contributed by atoms with Crippen LogP contribution in [0.15, 0.2) is 30.3 Å². The molecule has 1 nitrogen and oxygen atoms in total. The van der Waals surface area contributed by atoms with Crippen molar-refractivity contribution in [2.24, 2.45) is 0 Å². The Morgan fingerprint density at radius 2 is 1.79 bits per heavy atom. The molecule has 0 fully saturated rings. The zero-order valence-electron chi connectivity index (χ0n) is 10.8. The Kier molecular flexibility index (Phi) is 6.33. The van der Waals surface area contributed by atoms with Crippen LogP contribution < -0.4 is 0 Å². The highest BCUT2D eigenvalue weighted by Gasteiger charge is 2.31. The minimum absolute atomic E-state index is 0.105. The molecule has 1 unspecified atom stereocenters. The molecule has 0 amide bonds. The van der Waals surface area contributed by atoms with Crippen molar-refractivity contribution in [1.29, 1.82) is 0 Å². The Labute approximate surface area is 120 Å². The van der Waals surface area contributed by atoms with Crippen molar-refractivity contribution in [1.82, 2.24) is 0 Å². The van der Waals surface area contributed by atoms with Crippen molar-refractivity contribution in [2.75, 3.05) is 18.5 Å². The van der Waals surface area contributed by atoms with Gasteiger partial charge in [-0.1, -0.05) is 53.2 Å². The molecule has 1 rings (SSSR count). The lowest BCUT2D eigenvalue weighted by atomic mass is 9.77. The number of benzene rings is 1. The van der Waals surface area contributed by atoms with E-state index < -0.39 is 12.8 Å². The number of ether oxygens (including phenoxy) is 1. The largest absolute Gasteiger partial charge is 0.411 e. The van der Waals surface area contributed by atoms with Gasteiger partial charge < -0.3 is 4.74 Å². The minimum Gasteiger partial charge on any atom is -0.372 e. The normalized spacial score (nSPS) is 15.2. The van der Waals surface area contributed by atoms with Gasteiger partial charge >= 0.3 is 6.18 Å². The monoisotopic (exact) mass is 338 g/mol. The topological polar surface area (TPSA) is 9.23 Å². The van der Waals surface area contributed by atoms with Crippen molar-refractivity contribution < 1.29 is 17.9 Å². The number of halogens is 4. The van der Waals surface area contributed by atoms with Gasteiger partial charge in [0.05, 0.1) is 0 Å². The maximum atomic E-state index is 12.0. The lowest BCUT2D eigenvalue weighted by molar-refractivity contribution is -0.174. The lowest BCUT2D eigenvalue weighted by Gasteiger charge is -2.31. The second-order valence-electron chi connectivity index (χ2n) is 4.55. The van der Waals surface area contributed by atoms with E-state index in [4.69, 9.17) is 4.74 Å². The summed E-state index contributed by atoms with van der Waals surface area (Å²) in [5.74, 6) is 0. The van der Waals surface area contributed by atoms with E-state index in [1.54, 1.807) is 0 Å². The second kappa shape index (κ2) is 7.29. The van der Waals surface area contributed by atoms with Gasteiger partial charge in [0.1, 0.15) is 6.61 Å². The summed E-state index contributed by atoms with van der Waals surface area (Å²) in [5.41, 5.74) is 0.956. The van der Waals surface area contributed by atoms with Crippen LogP contribution in [-0.2, 0) is 10.2 Å². The fourth-order valence-electron chi connectivity index (χ4n) is 2.01. The van der Waals surface area contributed by atoms with Gasteiger partial charge in [-0.2, -0.15) is 13.2 Å². The molecule has 0 N–H and O–H groups in total. The predicted octanol–water partition coefficient (Wildman–Crippen LogP) is 4.70. The fraction of sp³-hybridized carbons (Fsp3) is 0.571. The first-order valence-corrected chi connectivity index (χ1v) is 7.32. The molecule has 5 heteroatoms. The van der Waals surface area contributed by atoms with Crippen LogP contribution in [0.2, 0.25) is 0 Å². The maximum Gasteiger partial charge on any atom is 0.411 e. The van der Waals surface area contributed by atoms with Crippen LogP contribution in [-0.4, -0.2) is 24.7 Å². The molecule has 0 radical (unpaired) electrons. The summed E-state index contributed by atoms with van der Waals surface area (Å²) in [5, 5.41) is 0.704. The summed E-state index contributed by atoms with van der Waals surface area (Å²) >= 11 is 3.48. The molecule has 0 saturated heterocycles. The zero-order valence-corrected chi connectivity index (χ0v) is 12.4. The Morgan fingerprint density at radius 1 is 1.16 bits per heavy atom. The number of rotatable bonds is 7. The lowest BCUT2D eigenvalue weighted by Crippen LogP contribution is -2.30. The highest BCUT2D eigenvalue weighted by Crippen LogP contribution is 2.33. The standard InChI is InChI=1S/C14H18BrF3O/c1-2-13(10-15,12-6-4-3-5-7-12)8-9-19-11-14(16,17)18/h3-7H,2,8-11H2,1H3. The molecule has 0 bridgehead atoms. The summed E-state index contributed by atoms with van der Waals surface area (Å²) in [6.07, 6.45) is -2.84. The molecule has 0 aromatic heterocycles. The highest BCUT2D eigenvalue weighted by atomic mass is 79.9. The average molecular weight is 339 g/mol. The smallest absolute Gasteiger partial charge is 0.372 e. The van der Waals surface area contributed by atoms with E-state index in [-0.39, 0.29) is 12.0 Å². The summed E-state index contributed by atoms with van der Waals surface area (Å²) in [7, 11) is 0. The third-order valence-electron chi connectivity index (χ3n) is 3.31. The molecule has 0 aliphatic rings. The van der Waals surface area contributed by atoms with Crippen molar-refractivity contribution >= 4 is 15.9 Å². The van der Waals surface area contributed by atoms with E-state index in [0.29, 0.717) is 11.8 Å². The van der Waals surface area contributed by atoms with Crippen molar-refractivity contribution in [2.45, 2.75) is 31.4 Å². The summed E-state index contributed by atoms with van der Waals surface area (Å²) in [6.45, 7) is 0.968. The SMILES string of the molecule is CCC(CBr)(CCOCC(F)(F)F)c1ccccc1.